The first kappa shape index (κ1) is 47.0. The topological polar surface area (TPSA) is 30.2 Å². The lowest BCUT2D eigenvalue weighted by atomic mass is 9.67. The van der Waals surface area contributed by atoms with Crippen molar-refractivity contribution in [1.29, 1.82) is 0 Å². The maximum Gasteiger partial charge on any atom is 0.0886 e. The minimum Gasteiger partial charge on any atom is -0.305 e. The normalized spacial score (nSPS) is 18.2. The molecule has 5 aliphatic carbocycles. The van der Waals surface area contributed by atoms with Crippen LogP contribution in [-0.4, -0.2) is 14.4 Å². The monoisotopic (exact) mass is 1060 g/mol. The molecule has 4 heterocycles. The van der Waals surface area contributed by atoms with E-state index in [1.807, 2.05) is 0 Å². The standard InChI is InChI=1S/C80H57N3/c1-7-23-51(24-8-1)59-36-21-37-60(52-25-9-2-10-26-52)70(59)64-46-65(71-61(53-27-11-3-12-28-53)38-22-39-62(71)54-29-13-4-14-30-54)73-76-68(83-67-47-81-77-56-44-49-41-50(45-56)43-55(42-49)69(77)75(67)72(64)78(73)83)48-82-79-74(76)63-35-19-20-40-66(63)80(79,57-31-15-5-16-32-57)58-33-17-6-18-34-58/h1-40,46-50,55-56H,41-45H2. The van der Waals surface area contributed by atoms with Crippen molar-refractivity contribution in [2.45, 2.75) is 49.4 Å². The fourth-order valence-corrected chi connectivity index (χ4v) is 17.0. The highest BCUT2D eigenvalue weighted by molar-refractivity contribution is 6.34. The van der Waals surface area contributed by atoms with E-state index in [1.165, 1.54) is 171 Å². The molecule has 14 aromatic rings. The molecule has 10 aromatic carbocycles. The van der Waals surface area contributed by atoms with Crippen LogP contribution in [0.3, 0.4) is 0 Å². The van der Waals surface area contributed by atoms with Crippen LogP contribution >= 0.6 is 0 Å². The SMILES string of the molecule is c1ccc(-c2cccc(-c3ccccc3)c2-c2cc(-c3c(-c4ccccc4)cccc3-c3ccccc3)c3c4c5c(ncc4n4c6cnc7c(c6c2c34)-c2ccccc2C7(c2ccccc2)c2ccccc2)C2CC3CC(C2)CC5C3)cc1. The lowest BCUT2D eigenvalue weighted by Gasteiger charge is -2.38. The summed E-state index contributed by atoms with van der Waals surface area (Å²) >= 11 is 0. The average molecular weight is 1060 g/mol. The van der Waals surface area contributed by atoms with E-state index in [-0.39, 0.29) is 0 Å². The molecule has 0 spiro atoms. The van der Waals surface area contributed by atoms with Gasteiger partial charge in [0, 0.05) is 38.7 Å². The zero-order valence-corrected chi connectivity index (χ0v) is 46.0. The molecule has 0 radical (unpaired) electrons. The molecule has 2 unspecified atom stereocenters. The lowest BCUT2D eigenvalue weighted by Crippen LogP contribution is -2.29. The minimum atomic E-state index is -0.699. The Morgan fingerprint density at radius 3 is 1.25 bits per heavy atom. The Labute approximate surface area is 483 Å². The summed E-state index contributed by atoms with van der Waals surface area (Å²) in [6.07, 6.45) is 10.9. The number of nitrogens with zero attached hydrogens (tertiary/aromatic N) is 3. The van der Waals surface area contributed by atoms with Gasteiger partial charge in [0.05, 0.1) is 40.1 Å². The van der Waals surface area contributed by atoms with Crippen molar-refractivity contribution in [3.8, 4) is 77.9 Å². The first-order valence-electron chi connectivity index (χ1n) is 30.0. The van der Waals surface area contributed by atoms with Crippen LogP contribution < -0.4 is 0 Å². The van der Waals surface area contributed by atoms with Gasteiger partial charge in [0.2, 0.25) is 0 Å². The van der Waals surface area contributed by atoms with Crippen LogP contribution in [-0.2, 0) is 5.41 Å². The van der Waals surface area contributed by atoms with Crippen LogP contribution in [0.25, 0.3) is 116 Å². The predicted molar refractivity (Wildman–Crippen MR) is 342 cm³/mol. The van der Waals surface area contributed by atoms with Crippen molar-refractivity contribution in [3.63, 3.8) is 0 Å². The maximum atomic E-state index is 5.96. The molecule has 4 aromatic heterocycles. The summed E-state index contributed by atoms with van der Waals surface area (Å²) in [5.74, 6) is 2.38. The van der Waals surface area contributed by atoms with Crippen LogP contribution in [0.15, 0.2) is 261 Å². The number of rotatable bonds is 8. The summed E-state index contributed by atoms with van der Waals surface area (Å²) in [5, 5.41) is 5.21. The summed E-state index contributed by atoms with van der Waals surface area (Å²) < 4.78 is 2.66. The van der Waals surface area contributed by atoms with E-state index in [9.17, 15) is 0 Å². The van der Waals surface area contributed by atoms with E-state index in [1.54, 1.807) is 0 Å². The van der Waals surface area contributed by atoms with E-state index >= 15 is 0 Å². The van der Waals surface area contributed by atoms with Gasteiger partial charge in [-0.15, -0.1) is 0 Å². The molecule has 2 atom stereocenters. The number of fused-ring (bicyclic) bond motifs is 10. The van der Waals surface area contributed by atoms with E-state index in [0.717, 1.165) is 23.0 Å². The molecule has 0 saturated heterocycles. The minimum absolute atomic E-state index is 0.440. The molecule has 19 rings (SSSR count). The Morgan fingerprint density at radius 1 is 0.337 bits per heavy atom. The third-order valence-corrected chi connectivity index (χ3v) is 20.0. The molecule has 4 bridgehead atoms. The Bertz CT molecular complexity index is 4710. The average Bonchev–Trinajstić information content (AvgIpc) is 1.74. The zero-order valence-electron chi connectivity index (χ0n) is 46.0. The number of benzene rings is 10. The van der Waals surface area contributed by atoms with Crippen LogP contribution in [0, 0.1) is 11.8 Å². The molecule has 3 nitrogen and oxygen atoms in total. The van der Waals surface area contributed by atoms with Gasteiger partial charge < -0.3 is 4.40 Å². The first-order chi connectivity index (χ1) is 41.2. The Morgan fingerprint density at radius 2 is 0.747 bits per heavy atom. The van der Waals surface area contributed by atoms with E-state index in [4.69, 9.17) is 9.97 Å². The van der Waals surface area contributed by atoms with Crippen LogP contribution in [0.5, 0.6) is 0 Å². The third-order valence-electron chi connectivity index (χ3n) is 20.0. The van der Waals surface area contributed by atoms with Crippen molar-refractivity contribution in [2.24, 2.45) is 11.8 Å². The molecule has 392 valence electrons. The van der Waals surface area contributed by atoms with E-state index in [2.05, 4.69) is 266 Å². The Kier molecular flexibility index (Phi) is 10.3. The molecule has 0 N–H and O–H groups in total. The third kappa shape index (κ3) is 6.68. The van der Waals surface area contributed by atoms with Gasteiger partial charge >= 0.3 is 0 Å². The molecule has 0 aliphatic heterocycles. The van der Waals surface area contributed by atoms with Gasteiger partial charge in [-0.05, 0) is 151 Å². The first-order valence-corrected chi connectivity index (χ1v) is 30.0. The van der Waals surface area contributed by atoms with Crippen molar-refractivity contribution in [2.75, 3.05) is 0 Å². The number of hydrogen-bond donors (Lipinski definition) is 0. The summed E-state index contributed by atoms with van der Waals surface area (Å²) in [5.41, 5.74) is 27.4. The van der Waals surface area contributed by atoms with E-state index < -0.39 is 5.41 Å². The highest BCUT2D eigenvalue weighted by atomic mass is 15.0. The second-order valence-corrected chi connectivity index (χ2v) is 24.2. The molecule has 3 heteroatoms. The maximum absolute atomic E-state index is 5.96. The Hall–Kier alpha value is -9.70. The summed E-state index contributed by atoms with van der Waals surface area (Å²) in [6, 6.07) is 92.8. The van der Waals surface area contributed by atoms with Gasteiger partial charge in [-0.1, -0.05) is 243 Å². The zero-order chi connectivity index (χ0) is 54.3. The number of pyridine rings is 2. The van der Waals surface area contributed by atoms with Gasteiger partial charge in [-0.2, -0.15) is 0 Å². The number of aromatic nitrogens is 3. The second kappa shape index (κ2) is 18.2. The molecular formula is C80H57N3. The molecule has 0 amide bonds. The van der Waals surface area contributed by atoms with Crippen molar-refractivity contribution >= 4 is 38.1 Å². The molecular weight excluding hydrogens is 1000 g/mol. The molecule has 83 heavy (non-hydrogen) atoms. The van der Waals surface area contributed by atoms with Crippen molar-refractivity contribution < 1.29 is 0 Å². The Balaban J connectivity index is 1.12. The highest BCUT2D eigenvalue weighted by Gasteiger charge is 2.50. The van der Waals surface area contributed by atoms with Gasteiger partial charge in [0.25, 0.3) is 0 Å². The molecule has 5 aliphatic rings. The van der Waals surface area contributed by atoms with Crippen LogP contribution in [0.2, 0.25) is 0 Å². The van der Waals surface area contributed by atoms with Gasteiger partial charge in [-0.25, -0.2) is 0 Å². The van der Waals surface area contributed by atoms with Gasteiger partial charge in [0.15, 0.2) is 0 Å². The summed E-state index contributed by atoms with van der Waals surface area (Å²) in [4.78, 5) is 11.8. The van der Waals surface area contributed by atoms with Crippen LogP contribution in [0.4, 0.5) is 0 Å². The smallest absolute Gasteiger partial charge is 0.0886 e. The van der Waals surface area contributed by atoms with Gasteiger partial charge in [-0.3, -0.25) is 9.97 Å². The predicted octanol–water partition coefficient (Wildman–Crippen LogP) is 20.4. The van der Waals surface area contributed by atoms with Crippen LogP contribution in [0.1, 0.15) is 77.6 Å². The van der Waals surface area contributed by atoms with Crippen molar-refractivity contribution in [1.82, 2.24) is 14.4 Å². The van der Waals surface area contributed by atoms with E-state index in [0.29, 0.717) is 11.8 Å². The highest BCUT2D eigenvalue weighted by Crippen LogP contribution is 2.63. The summed E-state index contributed by atoms with van der Waals surface area (Å²) in [6.45, 7) is 0. The lowest BCUT2D eigenvalue weighted by molar-refractivity contribution is 0.165. The quantitative estimate of drug-likeness (QED) is 0.152. The van der Waals surface area contributed by atoms with Gasteiger partial charge in [0.1, 0.15) is 0 Å². The molecule has 2 saturated carbocycles. The fourth-order valence-electron chi connectivity index (χ4n) is 17.0. The number of hydrogen-bond acceptors (Lipinski definition) is 2. The summed E-state index contributed by atoms with van der Waals surface area (Å²) in [7, 11) is 0. The second-order valence-electron chi connectivity index (χ2n) is 24.2. The fraction of sp³-hybridized carbons (Fsp3) is 0.125. The van der Waals surface area contributed by atoms with Crippen molar-refractivity contribution in [3.05, 3.63) is 295 Å². The largest absolute Gasteiger partial charge is 0.305 e. The molecule has 2 fully saturated rings.